The lowest BCUT2D eigenvalue weighted by atomic mass is 9.81. The van der Waals surface area contributed by atoms with Crippen LogP contribution >= 0.6 is 0 Å². The largest absolute Gasteiger partial charge is 0.493 e. The van der Waals surface area contributed by atoms with E-state index in [1.165, 1.54) is 7.11 Å². The van der Waals surface area contributed by atoms with Gasteiger partial charge in [0.2, 0.25) is 5.91 Å². The zero-order valence-electron chi connectivity index (χ0n) is 14.0. The Morgan fingerprint density at radius 1 is 1.32 bits per heavy atom. The number of esters is 1. The molecule has 2 aliphatic carbocycles. The van der Waals surface area contributed by atoms with Gasteiger partial charge in [-0.1, -0.05) is 42.5 Å². The first-order chi connectivity index (χ1) is 12.1. The van der Waals surface area contributed by atoms with Gasteiger partial charge in [0.05, 0.1) is 24.2 Å². The lowest BCUT2D eigenvalue weighted by molar-refractivity contribution is -0.151. The van der Waals surface area contributed by atoms with E-state index < -0.39 is 23.2 Å². The molecule has 1 amide bonds. The molecule has 2 aliphatic rings. The Morgan fingerprint density at radius 2 is 2.08 bits per heavy atom. The molecule has 0 heterocycles. The van der Waals surface area contributed by atoms with E-state index in [4.69, 9.17) is 14.7 Å². The van der Waals surface area contributed by atoms with Gasteiger partial charge in [0, 0.05) is 12.3 Å². The number of allylic oxidation sites excluding steroid dienone is 4. The van der Waals surface area contributed by atoms with Crippen molar-refractivity contribution < 1.29 is 24.3 Å². The standard InChI is InChI=1S/C19H21NO5/c1-24-18(22)19(11-16(19)17(21)20-23)14-8-5-9-15(10-14)25-12-13-6-3-2-4-7-13/h2-9,14,16,23H,10-12H2,1H3,(H,20,21)/t14?,16-,19-/m0/s1. The van der Waals surface area contributed by atoms with Crippen molar-refractivity contribution >= 4 is 11.9 Å². The van der Waals surface area contributed by atoms with Gasteiger partial charge in [-0.3, -0.25) is 14.8 Å². The first kappa shape index (κ1) is 17.2. The fourth-order valence-corrected chi connectivity index (χ4v) is 3.52. The summed E-state index contributed by atoms with van der Waals surface area (Å²) >= 11 is 0. The summed E-state index contributed by atoms with van der Waals surface area (Å²) in [5.41, 5.74) is 1.76. The molecule has 0 aliphatic heterocycles. The maximum atomic E-state index is 12.3. The number of amides is 1. The predicted octanol–water partition coefficient (Wildman–Crippen LogP) is 2.35. The van der Waals surface area contributed by atoms with Crippen LogP contribution < -0.4 is 5.48 Å². The molecule has 1 aromatic carbocycles. The third-order valence-electron chi connectivity index (χ3n) is 4.97. The maximum absolute atomic E-state index is 12.3. The molecular weight excluding hydrogens is 322 g/mol. The molecule has 0 bridgehead atoms. The fraction of sp³-hybridized carbons (Fsp3) is 0.368. The molecule has 1 aromatic rings. The molecular formula is C19H21NO5. The van der Waals surface area contributed by atoms with Crippen molar-refractivity contribution in [3.63, 3.8) is 0 Å². The van der Waals surface area contributed by atoms with E-state index in [1.54, 1.807) is 5.48 Å². The highest BCUT2D eigenvalue weighted by Crippen LogP contribution is 2.61. The zero-order valence-corrected chi connectivity index (χ0v) is 14.0. The Balaban J connectivity index is 1.69. The summed E-state index contributed by atoms with van der Waals surface area (Å²) in [5.74, 6) is -1.03. The van der Waals surface area contributed by atoms with Crippen molar-refractivity contribution in [2.24, 2.45) is 17.3 Å². The molecule has 0 aromatic heterocycles. The summed E-state index contributed by atoms with van der Waals surface area (Å²) in [7, 11) is 1.31. The van der Waals surface area contributed by atoms with Crippen molar-refractivity contribution in [1.82, 2.24) is 5.48 Å². The molecule has 0 spiro atoms. The maximum Gasteiger partial charge on any atom is 0.313 e. The number of carbonyl (C=O) groups excluding carboxylic acids is 2. The second-order valence-corrected chi connectivity index (χ2v) is 6.37. The Kier molecular flexibility index (Phi) is 4.90. The molecule has 6 heteroatoms. The van der Waals surface area contributed by atoms with Gasteiger partial charge in [-0.2, -0.15) is 0 Å². The van der Waals surface area contributed by atoms with Gasteiger partial charge in [-0.15, -0.1) is 0 Å². The van der Waals surface area contributed by atoms with E-state index >= 15 is 0 Å². The van der Waals surface area contributed by atoms with Gasteiger partial charge in [-0.05, 0) is 18.1 Å². The van der Waals surface area contributed by atoms with Gasteiger partial charge in [0.1, 0.15) is 6.61 Å². The number of ether oxygens (including phenoxy) is 2. The van der Waals surface area contributed by atoms with E-state index in [2.05, 4.69) is 0 Å². The molecule has 6 nitrogen and oxygen atoms in total. The Labute approximate surface area is 146 Å². The van der Waals surface area contributed by atoms with Crippen LogP contribution in [0.15, 0.2) is 54.3 Å². The van der Waals surface area contributed by atoms with Crippen molar-refractivity contribution in [2.45, 2.75) is 19.4 Å². The molecule has 0 saturated heterocycles. The third-order valence-corrected chi connectivity index (χ3v) is 4.97. The average molecular weight is 343 g/mol. The highest BCUT2D eigenvalue weighted by atomic mass is 16.5. The molecule has 1 fully saturated rings. The van der Waals surface area contributed by atoms with Crippen LogP contribution in [-0.4, -0.2) is 24.2 Å². The summed E-state index contributed by atoms with van der Waals surface area (Å²) in [4.78, 5) is 24.1. The van der Waals surface area contributed by atoms with E-state index in [1.807, 2.05) is 48.6 Å². The molecule has 3 atom stereocenters. The number of benzene rings is 1. The minimum atomic E-state index is -0.937. The van der Waals surface area contributed by atoms with Crippen LogP contribution in [0.4, 0.5) is 0 Å². The third kappa shape index (κ3) is 3.30. The number of hydrogen-bond donors (Lipinski definition) is 2. The molecule has 3 rings (SSSR count). The van der Waals surface area contributed by atoms with Crippen LogP contribution in [0.1, 0.15) is 18.4 Å². The highest BCUT2D eigenvalue weighted by Gasteiger charge is 2.68. The second kappa shape index (κ2) is 7.11. The normalized spacial score (nSPS) is 27.2. The minimum Gasteiger partial charge on any atom is -0.493 e. The average Bonchev–Trinajstić information content (AvgIpc) is 3.43. The van der Waals surface area contributed by atoms with Crippen molar-refractivity contribution in [3.8, 4) is 0 Å². The topological polar surface area (TPSA) is 84.9 Å². The Bertz CT molecular complexity index is 712. The number of nitrogens with one attached hydrogen (secondary N) is 1. The van der Waals surface area contributed by atoms with Crippen LogP contribution in [0.25, 0.3) is 0 Å². The van der Waals surface area contributed by atoms with Crippen molar-refractivity contribution in [3.05, 3.63) is 59.9 Å². The molecule has 2 N–H and O–H groups in total. The first-order valence-electron chi connectivity index (χ1n) is 8.18. The van der Waals surface area contributed by atoms with Crippen LogP contribution in [-0.2, 0) is 25.7 Å². The zero-order chi connectivity index (χ0) is 17.9. The van der Waals surface area contributed by atoms with E-state index in [9.17, 15) is 9.59 Å². The summed E-state index contributed by atoms with van der Waals surface area (Å²) in [5, 5.41) is 8.89. The fourth-order valence-electron chi connectivity index (χ4n) is 3.52. The number of hydrogen-bond acceptors (Lipinski definition) is 5. The number of methoxy groups -OCH3 is 1. The van der Waals surface area contributed by atoms with Crippen molar-refractivity contribution in [1.29, 1.82) is 0 Å². The first-order valence-corrected chi connectivity index (χ1v) is 8.18. The number of hydroxylamine groups is 1. The van der Waals surface area contributed by atoms with Gasteiger partial charge in [0.15, 0.2) is 0 Å². The van der Waals surface area contributed by atoms with Crippen molar-refractivity contribution in [2.75, 3.05) is 7.11 Å². The lowest BCUT2D eigenvalue weighted by Gasteiger charge is -2.26. The smallest absolute Gasteiger partial charge is 0.313 e. The van der Waals surface area contributed by atoms with Crippen LogP contribution in [0.5, 0.6) is 0 Å². The second-order valence-electron chi connectivity index (χ2n) is 6.37. The molecule has 0 radical (unpaired) electrons. The predicted molar refractivity (Wildman–Crippen MR) is 89.0 cm³/mol. The Morgan fingerprint density at radius 3 is 2.76 bits per heavy atom. The van der Waals surface area contributed by atoms with E-state index in [0.717, 1.165) is 11.3 Å². The van der Waals surface area contributed by atoms with Crippen LogP contribution in [0.2, 0.25) is 0 Å². The molecule has 25 heavy (non-hydrogen) atoms. The molecule has 1 unspecified atom stereocenters. The summed E-state index contributed by atoms with van der Waals surface area (Å²) in [6.45, 7) is 0.443. The summed E-state index contributed by atoms with van der Waals surface area (Å²) in [6, 6.07) is 9.81. The van der Waals surface area contributed by atoms with Gasteiger partial charge < -0.3 is 9.47 Å². The quantitative estimate of drug-likeness (QED) is 0.470. The number of rotatable bonds is 6. The van der Waals surface area contributed by atoms with E-state index in [-0.39, 0.29) is 5.92 Å². The summed E-state index contributed by atoms with van der Waals surface area (Å²) < 4.78 is 10.8. The summed E-state index contributed by atoms with van der Waals surface area (Å²) in [6.07, 6.45) is 6.47. The van der Waals surface area contributed by atoms with Crippen LogP contribution in [0, 0.1) is 17.3 Å². The Hall–Kier alpha value is -2.60. The molecule has 132 valence electrons. The van der Waals surface area contributed by atoms with Gasteiger partial charge >= 0.3 is 5.97 Å². The van der Waals surface area contributed by atoms with Gasteiger partial charge in [0.25, 0.3) is 0 Å². The lowest BCUT2D eigenvalue weighted by Crippen LogP contribution is -2.34. The SMILES string of the molecule is COC(=O)[C@]1(C2C=CC=C(OCc3ccccc3)C2)C[C@H]1C(=O)NO. The molecule has 1 saturated carbocycles. The van der Waals surface area contributed by atoms with Crippen LogP contribution in [0.3, 0.4) is 0 Å². The highest BCUT2D eigenvalue weighted by molar-refractivity contribution is 5.93. The number of carbonyl (C=O) groups is 2. The monoisotopic (exact) mass is 343 g/mol. The minimum absolute atomic E-state index is 0.210. The van der Waals surface area contributed by atoms with Gasteiger partial charge in [-0.25, -0.2) is 5.48 Å². The van der Waals surface area contributed by atoms with E-state index in [0.29, 0.717) is 19.4 Å².